The van der Waals surface area contributed by atoms with Crippen LogP contribution in [0.15, 0.2) is 33.5 Å². The number of hydrogen-bond acceptors (Lipinski definition) is 2. The van der Waals surface area contributed by atoms with Gasteiger partial charge in [0, 0.05) is 5.39 Å². The highest BCUT2D eigenvalue weighted by molar-refractivity contribution is 14.1. The van der Waals surface area contributed by atoms with Gasteiger partial charge in [0.05, 0.1) is 0 Å². The molecular weight excluding hydrogens is 279 g/mol. The van der Waals surface area contributed by atoms with E-state index in [9.17, 15) is 4.79 Å². The van der Waals surface area contributed by atoms with Gasteiger partial charge in [-0.15, -0.1) is 0 Å². The number of para-hydroxylation sites is 1. The van der Waals surface area contributed by atoms with Crippen molar-refractivity contribution in [2.75, 3.05) is 0 Å². The number of aryl methyl sites for hydroxylation is 1. The number of benzene rings is 1. The van der Waals surface area contributed by atoms with Gasteiger partial charge in [-0.3, -0.25) is 0 Å². The van der Waals surface area contributed by atoms with Gasteiger partial charge in [-0.2, -0.15) is 0 Å². The summed E-state index contributed by atoms with van der Waals surface area (Å²) >= 11 is 2.01. The Hall–Kier alpha value is -0.840. The van der Waals surface area contributed by atoms with Gasteiger partial charge >= 0.3 is 5.63 Å². The first-order valence-corrected chi connectivity index (χ1v) is 4.96. The molecule has 0 N–H and O–H groups in total. The minimum atomic E-state index is -0.253. The monoisotopic (exact) mass is 286 g/mol. The summed E-state index contributed by atoms with van der Waals surface area (Å²) in [5, 5.41) is 1.01. The molecular formula is C10H7IO2. The highest BCUT2D eigenvalue weighted by atomic mass is 127. The Balaban J connectivity index is 3.02. The Morgan fingerprint density at radius 3 is 2.77 bits per heavy atom. The highest BCUT2D eigenvalue weighted by Crippen LogP contribution is 2.19. The summed E-state index contributed by atoms with van der Waals surface area (Å²) in [5.74, 6) is 0. The summed E-state index contributed by atoms with van der Waals surface area (Å²) in [4.78, 5) is 11.3. The molecule has 1 aromatic carbocycles. The molecule has 0 unspecified atom stereocenters. The Bertz CT molecular complexity index is 514. The average molecular weight is 286 g/mol. The van der Waals surface area contributed by atoms with Crippen LogP contribution in [0.25, 0.3) is 11.0 Å². The van der Waals surface area contributed by atoms with Gasteiger partial charge in [0.15, 0.2) is 0 Å². The van der Waals surface area contributed by atoms with E-state index in [1.54, 1.807) is 6.07 Å². The molecule has 0 atom stereocenters. The number of rotatable bonds is 0. The lowest BCUT2D eigenvalue weighted by molar-refractivity contribution is 0.554. The van der Waals surface area contributed by atoms with Crippen molar-refractivity contribution in [1.29, 1.82) is 0 Å². The third-order valence-electron chi connectivity index (χ3n) is 2.00. The quantitative estimate of drug-likeness (QED) is 0.550. The van der Waals surface area contributed by atoms with Gasteiger partial charge in [-0.1, -0.05) is 18.2 Å². The third-order valence-corrected chi connectivity index (χ3v) is 3.25. The molecule has 0 bridgehead atoms. The molecule has 0 aliphatic carbocycles. The van der Waals surface area contributed by atoms with Crippen molar-refractivity contribution in [2.24, 2.45) is 0 Å². The fraction of sp³-hybridized carbons (Fsp3) is 0.100. The Labute approximate surface area is 88.7 Å². The summed E-state index contributed by atoms with van der Waals surface area (Å²) in [6, 6.07) is 7.55. The van der Waals surface area contributed by atoms with E-state index in [0.717, 1.165) is 10.9 Å². The molecule has 13 heavy (non-hydrogen) atoms. The zero-order chi connectivity index (χ0) is 9.42. The molecule has 1 heterocycles. The molecule has 2 aromatic rings. The van der Waals surface area contributed by atoms with Crippen molar-refractivity contribution in [3.05, 3.63) is 43.8 Å². The predicted octanol–water partition coefficient (Wildman–Crippen LogP) is 2.71. The zero-order valence-electron chi connectivity index (χ0n) is 7.00. The van der Waals surface area contributed by atoms with Crippen molar-refractivity contribution in [2.45, 2.75) is 6.92 Å². The van der Waals surface area contributed by atoms with Crippen LogP contribution in [0, 0.1) is 10.5 Å². The Kier molecular flexibility index (Phi) is 2.11. The van der Waals surface area contributed by atoms with Crippen molar-refractivity contribution < 1.29 is 4.42 Å². The lowest BCUT2D eigenvalue weighted by Crippen LogP contribution is -2.05. The van der Waals surface area contributed by atoms with Crippen molar-refractivity contribution in [1.82, 2.24) is 0 Å². The van der Waals surface area contributed by atoms with Crippen LogP contribution >= 0.6 is 22.6 Å². The minimum Gasteiger partial charge on any atom is -0.422 e. The first kappa shape index (κ1) is 8.74. The predicted molar refractivity (Wildman–Crippen MR) is 59.9 cm³/mol. The first-order chi connectivity index (χ1) is 6.20. The Morgan fingerprint density at radius 2 is 2.00 bits per heavy atom. The fourth-order valence-electron chi connectivity index (χ4n) is 1.28. The van der Waals surface area contributed by atoms with Crippen LogP contribution in [0.5, 0.6) is 0 Å². The lowest BCUT2D eigenvalue weighted by atomic mass is 10.1. The Morgan fingerprint density at radius 1 is 1.31 bits per heavy atom. The number of hydrogen-bond donors (Lipinski definition) is 0. The van der Waals surface area contributed by atoms with E-state index in [0.29, 0.717) is 9.15 Å². The molecule has 0 aliphatic rings. The molecule has 2 rings (SSSR count). The van der Waals surface area contributed by atoms with Crippen molar-refractivity contribution >= 4 is 33.6 Å². The average Bonchev–Trinajstić information content (AvgIpc) is 2.15. The van der Waals surface area contributed by atoms with Crippen molar-refractivity contribution in [3.8, 4) is 0 Å². The summed E-state index contributed by atoms with van der Waals surface area (Å²) < 4.78 is 5.77. The summed E-state index contributed by atoms with van der Waals surface area (Å²) in [6.07, 6.45) is 0. The molecule has 0 aliphatic heterocycles. The van der Waals surface area contributed by atoms with Crippen LogP contribution in [0.2, 0.25) is 0 Å². The number of fused-ring (bicyclic) bond motifs is 1. The largest absolute Gasteiger partial charge is 0.422 e. The van der Waals surface area contributed by atoms with E-state index >= 15 is 0 Å². The molecule has 0 saturated carbocycles. The van der Waals surface area contributed by atoms with E-state index < -0.39 is 0 Å². The summed E-state index contributed by atoms with van der Waals surface area (Å²) in [5.41, 5.74) is 1.40. The lowest BCUT2D eigenvalue weighted by Gasteiger charge is -2.01. The minimum absolute atomic E-state index is 0.253. The van der Waals surface area contributed by atoms with Gasteiger partial charge in [0.1, 0.15) is 9.15 Å². The van der Waals surface area contributed by atoms with Crippen LogP contribution in [0.3, 0.4) is 0 Å². The van der Waals surface area contributed by atoms with Gasteiger partial charge < -0.3 is 4.42 Å². The third kappa shape index (κ3) is 1.37. The molecule has 0 saturated heterocycles. The molecule has 3 heteroatoms. The SMILES string of the molecule is Cc1c(I)c(=O)oc2ccccc12. The number of halogens is 1. The van der Waals surface area contributed by atoms with Crippen LogP contribution < -0.4 is 5.63 Å². The molecule has 2 nitrogen and oxygen atoms in total. The molecule has 66 valence electrons. The fourth-order valence-corrected chi connectivity index (χ4v) is 1.68. The van der Waals surface area contributed by atoms with E-state index in [4.69, 9.17) is 4.42 Å². The smallest absolute Gasteiger partial charge is 0.350 e. The normalized spacial score (nSPS) is 10.6. The van der Waals surface area contributed by atoms with E-state index in [-0.39, 0.29) is 5.63 Å². The summed E-state index contributed by atoms with van der Waals surface area (Å²) in [6.45, 7) is 1.93. The van der Waals surface area contributed by atoms with Gasteiger partial charge in [-0.05, 0) is 41.1 Å². The molecule has 0 fully saturated rings. The topological polar surface area (TPSA) is 30.2 Å². The maximum Gasteiger partial charge on any atom is 0.350 e. The molecule has 0 radical (unpaired) electrons. The zero-order valence-corrected chi connectivity index (χ0v) is 9.16. The van der Waals surface area contributed by atoms with Gasteiger partial charge in [-0.25, -0.2) is 4.79 Å². The second-order valence-electron chi connectivity index (χ2n) is 2.82. The van der Waals surface area contributed by atoms with Crippen LogP contribution in [-0.4, -0.2) is 0 Å². The standard InChI is InChI=1S/C10H7IO2/c1-6-7-4-2-3-5-8(7)13-10(12)9(6)11/h2-5H,1H3. The van der Waals surface area contributed by atoms with Crippen LogP contribution in [0.4, 0.5) is 0 Å². The maximum absolute atomic E-state index is 11.3. The van der Waals surface area contributed by atoms with Crippen LogP contribution in [-0.2, 0) is 0 Å². The van der Waals surface area contributed by atoms with Gasteiger partial charge in [0.25, 0.3) is 0 Å². The van der Waals surface area contributed by atoms with Crippen molar-refractivity contribution in [3.63, 3.8) is 0 Å². The molecule has 1 aromatic heterocycles. The van der Waals surface area contributed by atoms with E-state index in [1.807, 2.05) is 47.7 Å². The highest BCUT2D eigenvalue weighted by Gasteiger charge is 2.06. The molecule has 0 spiro atoms. The maximum atomic E-state index is 11.3. The molecule has 0 amide bonds. The second kappa shape index (κ2) is 3.14. The summed E-state index contributed by atoms with van der Waals surface area (Å²) in [7, 11) is 0. The van der Waals surface area contributed by atoms with Crippen LogP contribution in [0.1, 0.15) is 5.56 Å². The van der Waals surface area contributed by atoms with E-state index in [1.165, 1.54) is 0 Å². The second-order valence-corrected chi connectivity index (χ2v) is 3.90. The van der Waals surface area contributed by atoms with Gasteiger partial charge in [0.2, 0.25) is 0 Å². The first-order valence-electron chi connectivity index (χ1n) is 3.88. The van der Waals surface area contributed by atoms with E-state index in [2.05, 4.69) is 0 Å².